The number of unbranched alkanes of at least 4 members (excludes halogenated alkanes) is 3. The number of hydrogen-bond acceptors (Lipinski definition) is 6. The third kappa shape index (κ3) is 20.4. The van der Waals surface area contributed by atoms with E-state index in [4.69, 9.17) is 0 Å². The van der Waals surface area contributed by atoms with E-state index in [2.05, 4.69) is 20.8 Å². The van der Waals surface area contributed by atoms with Gasteiger partial charge in [-0.25, -0.2) is 0 Å². The molecule has 0 saturated heterocycles. The largest absolute Gasteiger partial charge is 3.00 e. The second-order valence-electron chi connectivity index (χ2n) is 11.1. The van der Waals surface area contributed by atoms with Crippen LogP contribution in [0.4, 0.5) is 0 Å². The van der Waals surface area contributed by atoms with E-state index in [1.807, 2.05) is 20.8 Å². The molecule has 0 aromatic heterocycles. The first-order chi connectivity index (χ1) is 16.7. The Labute approximate surface area is 262 Å². The van der Waals surface area contributed by atoms with Crippen molar-refractivity contribution in [1.29, 1.82) is 0 Å². The van der Waals surface area contributed by atoms with Crippen molar-refractivity contribution in [3.8, 4) is 0 Å². The van der Waals surface area contributed by atoms with Gasteiger partial charge in [0.05, 0.1) is 0 Å². The zero-order valence-electron chi connectivity index (χ0n) is 25.6. The van der Waals surface area contributed by atoms with Gasteiger partial charge < -0.3 is 29.7 Å². The van der Waals surface area contributed by atoms with Gasteiger partial charge in [0.15, 0.2) is 0 Å². The van der Waals surface area contributed by atoms with Crippen LogP contribution in [0.5, 0.6) is 0 Å². The number of aliphatic carboxylic acids is 3. The fourth-order valence-electron chi connectivity index (χ4n) is 4.34. The molecule has 0 rings (SSSR count). The molecule has 0 aliphatic rings. The van der Waals surface area contributed by atoms with Crippen molar-refractivity contribution in [1.82, 2.24) is 0 Å². The van der Waals surface area contributed by atoms with Crippen LogP contribution in [0.25, 0.3) is 0 Å². The van der Waals surface area contributed by atoms with E-state index in [0.29, 0.717) is 0 Å². The number of rotatable bonds is 18. The van der Waals surface area contributed by atoms with Crippen molar-refractivity contribution in [3.63, 3.8) is 0 Å². The molecule has 0 fully saturated rings. The zero-order chi connectivity index (χ0) is 28.8. The second-order valence-corrected chi connectivity index (χ2v) is 11.1. The maximum atomic E-state index is 10.8. The van der Waals surface area contributed by atoms with Gasteiger partial charge in [-0.2, -0.15) is 0 Å². The van der Waals surface area contributed by atoms with Gasteiger partial charge >= 0.3 is 41.3 Å². The molecule has 0 spiro atoms. The average molecular weight is 655 g/mol. The minimum atomic E-state index is -0.891. The minimum absolute atomic E-state index is 0. The molecule has 0 saturated carbocycles. The van der Waals surface area contributed by atoms with E-state index in [9.17, 15) is 29.7 Å². The zero-order valence-corrected chi connectivity index (χ0v) is 29.3. The average Bonchev–Trinajstić information content (AvgIpc) is 2.81. The Morgan fingerprint density at radius 2 is 0.622 bits per heavy atom. The Morgan fingerprint density at radius 3 is 0.730 bits per heavy atom. The molecular formula is C30H57O6Pr. The minimum Gasteiger partial charge on any atom is -0.550 e. The Kier molecular flexibility index (Phi) is 29.4. The molecule has 0 bridgehead atoms. The van der Waals surface area contributed by atoms with Crippen LogP contribution in [0.15, 0.2) is 0 Å². The van der Waals surface area contributed by atoms with Crippen LogP contribution in [-0.2, 0) is 14.4 Å². The number of hydrogen-bond donors (Lipinski definition) is 0. The fraction of sp³-hybridized carbons (Fsp3) is 0.900. The maximum Gasteiger partial charge on any atom is 3.00 e. The molecular weight excluding hydrogens is 597 g/mol. The molecule has 0 radical (unpaired) electrons. The van der Waals surface area contributed by atoms with Gasteiger partial charge in [-0.3, -0.25) is 0 Å². The molecule has 6 nitrogen and oxygen atoms in total. The molecule has 3 unspecified atom stereocenters. The van der Waals surface area contributed by atoms with Gasteiger partial charge in [-0.05, 0) is 38.5 Å². The quantitative estimate of drug-likeness (QED) is 0.201. The predicted molar refractivity (Wildman–Crippen MR) is 143 cm³/mol. The van der Waals surface area contributed by atoms with Crippen molar-refractivity contribution in [3.05, 3.63) is 0 Å². The van der Waals surface area contributed by atoms with Crippen LogP contribution in [0.3, 0.4) is 0 Å². The summed E-state index contributed by atoms with van der Waals surface area (Å²) in [5.41, 5.74) is -1.78. The van der Waals surface area contributed by atoms with E-state index < -0.39 is 34.2 Å². The molecule has 216 valence electrons. The molecule has 7 heteroatoms. The second kappa shape index (κ2) is 24.8. The van der Waals surface area contributed by atoms with Gasteiger partial charge in [-0.1, -0.05) is 120 Å². The summed E-state index contributed by atoms with van der Waals surface area (Å²) >= 11 is 0. The Hall–Kier alpha value is -0.226. The standard InChI is InChI=1S/3C10H20O2.Pr/c3*1-4-6-8-10(3,7-5-2)9(11)12;/h3*4-8H2,1-3H3,(H,11,12);/q;;;+3/p-3. The van der Waals surface area contributed by atoms with E-state index in [0.717, 1.165) is 96.3 Å². The number of carbonyl (C=O) groups excluding carboxylic acids is 3. The van der Waals surface area contributed by atoms with Crippen LogP contribution in [-0.4, -0.2) is 17.9 Å². The molecule has 0 aromatic rings. The summed E-state index contributed by atoms with van der Waals surface area (Å²) in [5, 5.41) is 32.4. The summed E-state index contributed by atoms with van der Waals surface area (Å²) < 4.78 is 0. The van der Waals surface area contributed by atoms with Gasteiger partial charge in [0.25, 0.3) is 0 Å². The first-order valence-electron chi connectivity index (χ1n) is 14.3. The molecule has 0 aliphatic carbocycles. The monoisotopic (exact) mass is 654 g/mol. The normalized spacial score (nSPS) is 15.2. The topological polar surface area (TPSA) is 120 Å². The maximum absolute atomic E-state index is 10.8. The predicted octanol–water partition coefficient (Wildman–Crippen LogP) is 5.20. The molecule has 0 aliphatic heterocycles. The van der Waals surface area contributed by atoms with Crippen LogP contribution in [0.2, 0.25) is 0 Å². The smallest absolute Gasteiger partial charge is 0.550 e. The van der Waals surface area contributed by atoms with Crippen molar-refractivity contribution < 1.29 is 71.0 Å². The summed E-state index contributed by atoms with van der Waals surface area (Å²) in [7, 11) is 0. The van der Waals surface area contributed by atoms with Crippen LogP contribution in [0.1, 0.15) is 159 Å². The van der Waals surface area contributed by atoms with Gasteiger partial charge in [-0.15, -0.1) is 0 Å². The summed E-state index contributed by atoms with van der Waals surface area (Å²) in [6.45, 7) is 17.6. The van der Waals surface area contributed by atoms with Crippen LogP contribution < -0.4 is 15.3 Å². The van der Waals surface area contributed by atoms with E-state index in [1.165, 1.54) is 0 Å². The van der Waals surface area contributed by atoms with E-state index in [1.54, 1.807) is 20.8 Å². The Balaban J connectivity index is -0.000000218. The Bertz CT molecular complexity index is 516. The van der Waals surface area contributed by atoms with E-state index >= 15 is 0 Å². The SMILES string of the molecule is CCCCC(C)(CCC)C(=O)[O-].CCCCC(C)(CCC)C(=O)[O-].CCCCC(C)(CCC)C(=O)[O-].[Pr+3]. The van der Waals surface area contributed by atoms with E-state index in [-0.39, 0.29) is 41.3 Å². The van der Waals surface area contributed by atoms with Crippen molar-refractivity contribution >= 4 is 17.9 Å². The number of carbonyl (C=O) groups is 3. The Morgan fingerprint density at radius 1 is 0.432 bits per heavy atom. The van der Waals surface area contributed by atoms with Crippen LogP contribution >= 0.6 is 0 Å². The third-order valence-corrected chi connectivity index (χ3v) is 7.13. The summed E-state index contributed by atoms with van der Waals surface area (Å²) in [5.74, 6) is -2.67. The molecule has 0 N–H and O–H groups in total. The molecule has 0 heterocycles. The van der Waals surface area contributed by atoms with Crippen molar-refractivity contribution in [2.45, 2.75) is 159 Å². The first-order valence-corrected chi connectivity index (χ1v) is 14.3. The summed E-state index contributed by atoms with van der Waals surface area (Å²) in [4.78, 5) is 32.4. The number of carboxylic acid groups (broad SMARTS) is 3. The molecule has 0 aromatic carbocycles. The summed E-state index contributed by atoms with van der Waals surface area (Å²) in [6, 6.07) is 0. The fourth-order valence-corrected chi connectivity index (χ4v) is 4.34. The third-order valence-electron chi connectivity index (χ3n) is 7.13. The van der Waals surface area contributed by atoms with Crippen molar-refractivity contribution in [2.75, 3.05) is 0 Å². The van der Waals surface area contributed by atoms with Gasteiger partial charge in [0.1, 0.15) is 0 Å². The van der Waals surface area contributed by atoms with Crippen molar-refractivity contribution in [2.24, 2.45) is 16.2 Å². The molecule has 3 atom stereocenters. The number of carboxylic acids is 3. The van der Waals surface area contributed by atoms with Gasteiger partial charge in [0.2, 0.25) is 0 Å². The summed E-state index contributed by atoms with van der Waals surface area (Å²) in [6.07, 6.45) is 13.3. The first kappa shape index (κ1) is 43.8. The van der Waals surface area contributed by atoms with Crippen LogP contribution in [0, 0.1) is 57.5 Å². The van der Waals surface area contributed by atoms with Gasteiger partial charge in [0, 0.05) is 34.2 Å². The molecule has 37 heavy (non-hydrogen) atoms. The molecule has 0 amide bonds.